The molecule has 4 amide bonds. The van der Waals surface area contributed by atoms with Gasteiger partial charge in [0, 0.05) is 0 Å². The van der Waals surface area contributed by atoms with Crippen LogP contribution in [0.2, 0.25) is 10.0 Å². The molecule has 0 atom stereocenters. The highest BCUT2D eigenvalue weighted by Crippen LogP contribution is 2.35. The lowest BCUT2D eigenvalue weighted by atomic mass is 10.1. The first-order chi connectivity index (χ1) is 13.7. The van der Waals surface area contributed by atoms with E-state index in [4.69, 9.17) is 27.9 Å². The lowest BCUT2D eigenvalue weighted by molar-refractivity contribution is -0.255. The summed E-state index contributed by atoms with van der Waals surface area (Å²) in [6.45, 7) is 0.0696. The summed E-state index contributed by atoms with van der Waals surface area (Å²) in [5.74, 6) is -2.79. The van der Waals surface area contributed by atoms with E-state index in [1.54, 1.807) is 12.1 Å². The molecule has 0 aliphatic carbocycles. The zero-order valence-electron chi connectivity index (χ0n) is 14.5. The first kappa shape index (κ1) is 20.4. The van der Waals surface area contributed by atoms with Crippen LogP contribution in [0, 0.1) is 0 Å². The van der Waals surface area contributed by atoms with Gasteiger partial charge in [-0.15, -0.1) is 0 Å². The van der Waals surface area contributed by atoms with Crippen LogP contribution >= 0.6 is 23.2 Å². The van der Waals surface area contributed by atoms with E-state index in [1.807, 2.05) is 10.6 Å². The molecule has 2 aromatic carbocycles. The molecular formula is C19H11Cl2N2O6-. The van der Waals surface area contributed by atoms with E-state index in [9.17, 15) is 24.3 Å². The lowest BCUT2D eigenvalue weighted by Gasteiger charge is -2.15. The zero-order chi connectivity index (χ0) is 21.1. The van der Waals surface area contributed by atoms with Crippen molar-refractivity contribution in [3.63, 3.8) is 0 Å². The molecule has 0 unspecified atom stereocenters. The van der Waals surface area contributed by atoms with Gasteiger partial charge >= 0.3 is 6.03 Å². The van der Waals surface area contributed by atoms with Crippen LogP contribution in [0.25, 0.3) is 6.08 Å². The Morgan fingerprint density at radius 3 is 2.07 bits per heavy atom. The topological polar surface area (TPSA) is 125 Å². The van der Waals surface area contributed by atoms with Crippen LogP contribution in [0.15, 0.2) is 42.0 Å². The summed E-state index contributed by atoms with van der Waals surface area (Å²) in [4.78, 5) is 45.4. The van der Waals surface area contributed by atoms with Crippen LogP contribution in [0.4, 0.5) is 4.79 Å². The van der Waals surface area contributed by atoms with Crippen LogP contribution in [0.1, 0.15) is 21.5 Å². The van der Waals surface area contributed by atoms with Gasteiger partial charge in [-0.2, -0.15) is 0 Å². The van der Waals surface area contributed by atoms with Gasteiger partial charge < -0.3 is 14.6 Å². The first-order valence-electron chi connectivity index (χ1n) is 8.05. The van der Waals surface area contributed by atoms with Crippen molar-refractivity contribution in [3.05, 3.63) is 68.7 Å². The number of hydrogen-bond donors (Lipinski definition) is 2. The number of imide groups is 2. The number of carboxylic acids is 1. The fourth-order valence-electron chi connectivity index (χ4n) is 2.47. The summed E-state index contributed by atoms with van der Waals surface area (Å²) in [6, 6.07) is 7.87. The minimum atomic E-state index is -1.28. The van der Waals surface area contributed by atoms with Crippen molar-refractivity contribution >= 4 is 53.1 Å². The molecule has 10 heteroatoms. The first-order valence-corrected chi connectivity index (χ1v) is 8.80. The fraction of sp³-hybridized carbons (Fsp3) is 0.0526. The second-order valence-electron chi connectivity index (χ2n) is 5.88. The van der Waals surface area contributed by atoms with Crippen LogP contribution in [-0.2, 0) is 16.2 Å². The minimum Gasteiger partial charge on any atom is -0.545 e. The third-order valence-corrected chi connectivity index (χ3v) is 4.41. The Labute approximate surface area is 174 Å². The molecule has 0 aromatic heterocycles. The molecule has 0 bridgehead atoms. The molecule has 1 fully saturated rings. The Hall–Kier alpha value is -3.36. The Kier molecular flexibility index (Phi) is 5.86. The van der Waals surface area contributed by atoms with Crippen molar-refractivity contribution in [3.8, 4) is 5.75 Å². The molecule has 29 heavy (non-hydrogen) atoms. The number of hydrogen-bond acceptors (Lipinski definition) is 6. The maximum absolute atomic E-state index is 11.8. The monoisotopic (exact) mass is 433 g/mol. The predicted octanol–water partition coefficient (Wildman–Crippen LogP) is 1.69. The summed E-state index contributed by atoms with van der Waals surface area (Å²) in [6.07, 6.45) is 1.23. The maximum Gasteiger partial charge on any atom is 0.328 e. The molecule has 2 aromatic rings. The molecule has 1 aliphatic rings. The number of benzene rings is 2. The van der Waals surface area contributed by atoms with Crippen molar-refractivity contribution in [2.24, 2.45) is 0 Å². The number of halogens is 2. The number of barbiturate groups is 1. The number of urea groups is 1. The van der Waals surface area contributed by atoms with Gasteiger partial charge in [-0.1, -0.05) is 47.5 Å². The van der Waals surface area contributed by atoms with Gasteiger partial charge in [0.2, 0.25) is 0 Å². The normalized spacial score (nSPS) is 13.6. The average Bonchev–Trinajstić information content (AvgIpc) is 2.64. The average molecular weight is 434 g/mol. The van der Waals surface area contributed by atoms with Crippen molar-refractivity contribution in [1.82, 2.24) is 10.6 Å². The van der Waals surface area contributed by atoms with E-state index in [0.29, 0.717) is 11.1 Å². The Balaban J connectivity index is 1.78. The second-order valence-corrected chi connectivity index (χ2v) is 6.70. The molecule has 1 saturated heterocycles. The van der Waals surface area contributed by atoms with Gasteiger partial charge in [-0.25, -0.2) is 4.79 Å². The van der Waals surface area contributed by atoms with Crippen LogP contribution in [0.3, 0.4) is 0 Å². The predicted molar refractivity (Wildman–Crippen MR) is 101 cm³/mol. The molecular weight excluding hydrogens is 423 g/mol. The molecule has 2 N–H and O–H groups in total. The van der Waals surface area contributed by atoms with E-state index >= 15 is 0 Å². The number of aromatic carboxylic acids is 1. The van der Waals surface area contributed by atoms with Crippen molar-refractivity contribution in [1.29, 1.82) is 0 Å². The van der Waals surface area contributed by atoms with Gasteiger partial charge in [0.05, 0.1) is 16.0 Å². The third kappa shape index (κ3) is 4.74. The highest BCUT2D eigenvalue weighted by atomic mass is 35.5. The maximum atomic E-state index is 11.8. The smallest absolute Gasteiger partial charge is 0.328 e. The molecule has 3 rings (SSSR count). The Morgan fingerprint density at radius 2 is 1.55 bits per heavy atom. The highest BCUT2D eigenvalue weighted by Gasteiger charge is 2.27. The summed E-state index contributed by atoms with van der Waals surface area (Å²) in [5.41, 5.74) is 0.784. The van der Waals surface area contributed by atoms with Crippen LogP contribution in [0.5, 0.6) is 5.75 Å². The summed E-state index contributed by atoms with van der Waals surface area (Å²) in [5, 5.41) is 14.9. The van der Waals surface area contributed by atoms with Crippen molar-refractivity contribution in [2.75, 3.05) is 0 Å². The summed E-state index contributed by atoms with van der Waals surface area (Å²) in [7, 11) is 0. The van der Waals surface area contributed by atoms with Gasteiger partial charge in [0.25, 0.3) is 11.8 Å². The van der Waals surface area contributed by atoms with Gasteiger partial charge in [-0.3, -0.25) is 20.2 Å². The molecule has 0 saturated carbocycles. The highest BCUT2D eigenvalue weighted by molar-refractivity contribution is 6.37. The quantitative estimate of drug-likeness (QED) is 0.545. The lowest BCUT2D eigenvalue weighted by Crippen LogP contribution is -2.51. The van der Waals surface area contributed by atoms with Crippen LogP contribution in [-0.4, -0.2) is 23.8 Å². The van der Waals surface area contributed by atoms with E-state index in [0.717, 1.165) is 0 Å². The number of amides is 4. The van der Waals surface area contributed by atoms with E-state index in [2.05, 4.69) is 0 Å². The number of nitrogens with one attached hydrogen (secondary N) is 2. The van der Waals surface area contributed by atoms with Gasteiger partial charge in [-0.05, 0) is 34.9 Å². The molecule has 1 heterocycles. The standard InChI is InChI=1S/C19H12Cl2N2O6/c20-13-6-10(5-12-16(24)22-19(28)23-17(12)25)7-14(21)15(13)29-8-9-1-3-11(4-2-9)18(26)27/h1-7H,8H2,(H,26,27)(H2,22,23,24,25,28)/p-1. The third-order valence-electron chi connectivity index (χ3n) is 3.85. The molecule has 8 nitrogen and oxygen atoms in total. The van der Waals surface area contributed by atoms with Crippen molar-refractivity contribution in [2.45, 2.75) is 6.61 Å². The number of carbonyl (C=O) groups excluding carboxylic acids is 4. The molecule has 1 aliphatic heterocycles. The SMILES string of the molecule is O=C1NC(=O)C(=Cc2cc(Cl)c(OCc3ccc(C(=O)[O-])cc3)c(Cl)c2)C(=O)N1. The van der Waals surface area contributed by atoms with Gasteiger partial charge in [0.1, 0.15) is 12.2 Å². The van der Waals surface area contributed by atoms with Crippen molar-refractivity contribution < 1.29 is 29.0 Å². The van der Waals surface area contributed by atoms with Gasteiger partial charge in [0.15, 0.2) is 5.75 Å². The molecule has 148 valence electrons. The summed E-state index contributed by atoms with van der Waals surface area (Å²) < 4.78 is 5.60. The Bertz CT molecular complexity index is 1020. The number of carbonyl (C=O) groups is 4. The van der Waals surface area contributed by atoms with Crippen LogP contribution < -0.4 is 20.5 Å². The second kappa shape index (κ2) is 8.34. The fourth-order valence-corrected chi connectivity index (χ4v) is 3.08. The number of carboxylic acid groups (broad SMARTS) is 1. The summed E-state index contributed by atoms with van der Waals surface area (Å²) >= 11 is 12.4. The van der Waals surface area contributed by atoms with E-state index in [1.165, 1.54) is 30.3 Å². The minimum absolute atomic E-state index is 0.0414. The van der Waals surface area contributed by atoms with E-state index in [-0.39, 0.29) is 33.5 Å². The number of ether oxygens (including phenoxy) is 1. The number of rotatable bonds is 5. The zero-order valence-corrected chi connectivity index (χ0v) is 16.0. The Morgan fingerprint density at radius 1 is 1.00 bits per heavy atom. The largest absolute Gasteiger partial charge is 0.545 e. The molecule has 0 spiro atoms. The van der Waals surface area contributed by atoms with E-state index < -0.39 is 23.8 Å². The molecule has 0 radical (unpaired) electrons.